The molecular weight excluding hydrogens is 212 g/mol. The number of carbonyl (C=O) groups is 2. The molecule has 1 aliphatic rings. The van der Waals surface area contributed by atoms with Gasteiger partial charge in [-0.15, -0.1) is 0 Å². The van der Waals surface area contributed by atoms with Crippen molar-refractivity contribution < 1.29 is 9.59 Å². The van der Waals surface area contributed by atoms with Crippen molar-refractivity contribution >= 4 is 17.6 Å². The Bertz CT molecular complexity index is 496. The third kappa shape index (κ3) is 1.67. The fourth-order valence-corrected chi connectivity index (χ4v) is 1.64. The second-order valence-corrected chi connectivity index (χ2v) is 3.55. The van der Waals surface area contributed by atoms with Crippen LogP contribution in [-0.2, 0) is 9.59 Å². The minimum absolute atomic E-state index is 0.0104. The molecule has 2 rings (SSSR count). The summed E-state index contributed by atoms with van der Waals surface area (Å²) < 4.78 is 0. The van der Waals surface area contributed by atoms with Gasteiger partial charge in [-0.1, -0.05) is 0 Å². The molecule has 16 heavy (non-hydrogen) atoms. The zero-order valence-corrected chi connectivity index (χ0v) is 8.34. The van der Waals surface area contributed by atoms with E-state index in [1.165, 1.54) is 17.3 Å². The van der Waals surface area contributed by atoms with Crippen LogP contribution in [0.5, 0.6) is 0 Å². The van der Waals surface area contributed by atoms with Gasteiger partial charge in [-0.2, -0.15) is 0 Å². The number of hydrogen-bond acceptors (Lipinski definition) is 4. The van der Waals surface area contributed by atoms with Crippen LogP contribution in [-0.4, -0.2) is 28.3 Å². The smallest absolute Gasteiger partial charge is 0.291 e. The minimum atomic E-state index is -0.547. The maximum atomic E-state index is 11.6. The molecule has 1 unspecified atom stereocenters. The highest BCUT2D eigenvalue weighted by Gasteiger charge is 2.35. The largest absolute Gasteiger partial charge is 0.369 e. The third-order valence-corrected chi connectivity index (χ3v) is 2.47. The average molecular weight is 222 g/mol. The van der Waals surface area contributed by atoms with Crippen LogP contribution in [0.4, 0.5) is 5.82 Å². The number of nitrogens with two attached hydrogens (primary N) is 1. The highest BCUT2D eigenvalue weighted by Crippen LogP contribution is 2.20. The van der Waals surface area contributed by atoms with Crippen LogP contribution >= 0.6 is 0 Å². The zero-order valence-electron chi connectivity index (χ0n) is 8.34. The highest BCUT2D eigenvalue weighted by atomic mass is 16.2. The lowest BCUT2D eigenvalue weighted by atomic mass is 10.1. The Hall–Kier alpha value is -2.18. The minimum Gasteiger partial charge on any atom is -0.369 e. The number of primary amides is 1. The molecule has 1 fully saturated rings. The molecule has 7 nitrogen and oxygen atoms in total. The van der Waals surface area contributed by atoms with Crippen LogP contribution in [0.1, 0.15) is 6.42 Å². The van der Waals surface area contributed by atoms with E-state index in [2.05, 4.69) is 9.97 Å². The average Bonchev–Trinajstić information content (AvgIpc) is 2.61. The van der Waals surface area contributed by atoms with Crippen molar-refractivity contribution in [2.24, 2.45) is 11.7 Å². The van der Waals surface area contributed by atoms with Crippen LogP contribution in [0.3, 0.4) is 0 Å². The lowest BCUT2D eigenvalue weighted by Crippen LogP contribution is -2.33. The Morgan fingerprint density at radius 1 is 1.56 bits per heavy atom. The molecule has 0 radical (unpaired) electrons. The Morgan fingerprint density at radius 2 is 2.31 bits per heavy atom. The first-order chi connectivity index (χ1) is 7.59. The summed E-state index contributed by atoms with van der Waals surface area (Å²) in [6.07, 6.45) is 2.78. The third-order valence-electron chi connectivity index (χ3n) is 2.47. The maximum absolute atomic E-state index is 11.6. The normalized spacial score (nSPS) is 20.1. The predicted molar refractivity (Wildman–Crippen MR) is 54.5 cm³/mol. The summed E-state index contributed by atoms with van der Waals surface area (Å²) in [5.41, 5.74) is 4.66. The number of rotatable bonds is 2. The Morgan fingerprint density at radius 3 is 2.88 bits per heavy atom. The lowest BCUT2D eigenvalue weighted by molar-refractivity contribution is -0.123. The van der Waals surface area contributed by atoms with Gasteiger partial charge in [-0.25, -0.2) is 4.98 Å². The molecule has 0 saturated carbocycles. The highest BCUT2D eigenvalue weighted by molar-refractivity contribution is 5.99. The quantitative estimate of drug-likeness (QED) is 0.641. The number of aromatic nitrogens is 2. The van der Waals surface area contributed by atoms with E-state index in [0.29, 0.717) is 0 Å². The SMILES string of the molecule is NC(=O)C1CC(=O)N(c2ncc[nH]c2=O)C1. The Labute approximate surface area is 90.3 Å². The first kappa shape index (κ1) is 10.3. The number of hydrogen-bond donors (Lipinski definition) is 2. The van der Waals surface area contributed by atoms with Gasteiger partial charge in [0.05, 0.1) is 5.92 Å². The standard InChI is InChI=1S/C9H10N4O3/c10-7(15)5-3-6(14)13(4-5)8-9(16)12-2-1-11-8/h1-2,5H,3-4H2,(H2,10,15)(H,12,16). The molecule has 3 N–H and O–H groups in total. The monoisotopic (exact) mass is 222 g/mol. The van der Waals surface area contributed by atoms with Crippen LogP contribution in [0.2, 0.25) is 0 Å². The first-order valence-corrected chi connectivity index (χ1v) is 4.73. The number of H-pyrrole nitrogens is 1. The van der Waals surface area contributed by atoms with E-state index in [-0.39, 0.29) is 24.7 Å². The van der Waals surface area contributed by atoms with Crippen molar-refractivity contribution in [1.82, 2.24) is 9.97 Å². The van der Waals surface area contributed by atoms with Crippen LogP contribution < -0.4 is 16.2 Å². The first-order valence-electron chi connectivity index (χ1n) is 4.73. The van der Waals surface area contributed by atoms with Crippen LogP contribution in [0.25, 0.3) is 0 Å². The number of amides is 2. The summed E-state index contributed by atoms with van der Waals surface area (Å²) in [6.45, 7) is 0.119. The molecule has 0 spiro atoms. The molecule has 0 aliphatic carbocycles. The number of anilines is 1. The van der Waals surface area contributed by atoms with Crippen molar-refractivity contribution in [1.29, 1.82) is 0 Å². The van der Waals surface area contributed by atoms with E-state index >= 15 is 0 Å². The molecule has 1 aliphatic heterocycles. The summed E-state index contributed by atoms with van der Waals surface area (Å²) in [7, 11) is 0. The van der Waals surface area contributed by atoms with Gasteiger partial charge in [-0.05, 0) is 0 Å². The second-order valence-electron chi connectivity index (χ2n) is 3.55. The van der Waals surface area contributed by atoms with Crippen LogP contribution in [0, 0.1) is 5.92 Å². The summed E-state index contributed by atoms with van der Waals surface area (Å²) in [6, 6.07) is 0. The Kier molecular flexibility index (Phi) is 2.43. The van der Waals surface area contributed by atoms with E-state index in [9.17, 15) is 14.4 Å². The van der Waals surface area contributed by atoms with Gasteiger partial charge in [0.1, 0.15) is 0 Å². The van der Waals surface area contributed by atoms with E-state index in [4.69, 9.17) is 5.73 Å². The van der Waals surface area contributed by atoms with Gasteiger partial charge in [0.15, 0.2) is 0 Å². The van der Waals surface area contributed by atoms with Crippen molar-refractivity contribution in [2.75, 3.05) is 11.4 Å². The summed E-state index contributed by atoms with van der Waals surface area (Å²) in [5.74, 6) is -1.39. The van der Waals surface area contributed by atoms with Crippen molar-refractivity contribution in [2.45, 2.75) is 6.42 Å². The van der Waals surface area contributed by atoms with E-state index < -0.39 is 17.4 Å². The second kappa shape index (κ2) is 3.76. The molecule has 1 saturated heterocycles. The lowest BCUT2D eigenvalue weighted by Gasteiger charge is -2.12. The molecule has 0 bridgehead atoms. The van der Waals surface area contributed by atoms with Gasteiger partial charge in [-0.3, -0.25) is 19.3 Å². The topological polar surface area (TPSA) is 109 Å². The summed E-state index contributed by atoms with van der Waals surface area (Å²) in [4.78, 5) is 41.3. The molecule has 1 aromatic heterocycles. The molecule has 1 atom stereocenters. The van der Waals surface area contributed by atoms with Crippen LogP contribution in [0.15, 0.2) is 17.2 Å². The summed E-state index contributed by atoms with van der Waals surface area (Å²) >= 11 is 0. The molecule has 2 heterocycles. The number of nitrogens with one attached hydrogen (secondary N) is 1. The fraction of sp³-hybridized carbons (Fsp3) is 0.333. The molecule has 2 amide bonds. The van der Waals surface area contributed by atoms with Gasteiger partial charge in [0.25, 0.3) is 5.56 Å². The maximum Gasteiger partial charge on any atom is 0.291 e. The zero-order chi connectivity index (χ0) is 11.7. The molecule has 1 aromatic rings. The molecule has 7 heteroatoms. The van der Waals surface area contributed by atoms with E-state index in [1.807, 2.05) is 0 Å². The fourth-order valence-electron chi connectivity index (χ4n) is 1.64. The predicted octanol–water partition coefficient (Wildman–Crippen LogP) is -1.39. The molecule has 0 aromatic carbocycles. The molecular formula is C9H10N4O3. The van der Waals surface area contributed by atoms with Gasteiger partial charge in [0.2, 0.25) is 17.6 Å². The van der Waals surface area contributed by atoms with Gasteiger partial charge in [0, 0.05) is 25.4 Å². The van der Waals surface area contributed by atoms with Crippen molar-refractivity contribution in [3.05, 3.63) is 22.7 Å². The van der Waals surface area contributed by atoms with E-state index in [0.717, 1.165) is 0 Å². The number of aromatic amines is 1. The number of carbonyl (C=O) groups excluding carboxylic acids is 2. The molecule has 84 valence electrons. The summed E-state index contributed by atoms with van der Waals surface area (Å²) in [5, 5.41) is 0. The Balaban J connectivity index is 2.30. The van der Waals surface area contributed by atoms with E-state index in [1.54, 1.807) is 0 Å². The van der Waals surface area contributed by atoms with Crippen molar-refractivity contribution in [3.63, 3.8) is 0 Å². The number of nitrogens with zero attached hydrogens (tertiary/aromatic N) is 2. The van der Waals surface area contributed by atoms with Gasteiger partial charge < -0.3 is 10.7 Å². The van der Waals surface area contributed by atoms with Crippen molar-refractivity contribution in [3.8, 4) is 0 Å². The van der Waals surface area contributed by atoms with Gasteiger partial charge >= 0.3 is 0 Å².